The molecule has 0 aliphatic carbocycles. The third-order valence-electron chi connectivity index (χ3n) is 2.84. The molecule has 1 aromatic carbocycles. The number of benzene rings is 1. The van der Waals surface area contributed by atoms with Crippen LogP contribution in [0.5, 0.6) is 0 Å². The van der Waals surface area contributed by atoms with Gasteiger partial charge >= 0.3 is 0 Å². The van der Waals surface area contributed by atoms with E-state index in [1.807, 2.05) is 13.8 Å². The summed E-state index contributed by atoms with van der Waals surface area (Å²) in [5, 5.41) is 4.27. The smallest absolute Gasteiger partial charge is 0.185 e. The van der Waals surface area contributed by atoms with Crippen molar-refractivity contribution in [2.75, 3.05) is 0 Å². The molecule has 2 aromatic rings. The van der Waals surface area contributed by atoms with E-state index in [4.69, 9.17) is 11.6 Å². The zero-order chi connectivity index (χ0) is 14.0. The maximum absolute atomic E-state index is 13.1. The third kappa shape index (κ3) is 3.01. The van der Waals surface area contributed by atoms with E-state index in [1.54, 1.807) is 16.8 Å². The standard InChI is InChI=1S/C14H14ClFN2O/c1-3-18-13(6-9(2)17-18)14(19)8-10-4-5-12(16)11(15)7-10/h4-7H,3,8H2,1-2H3. The van der Waals surface area contributed by atoms with Gasteiger partial charge in [0.25, 0.3) is 0 Å². The van der Waals surface area contributed by atoms with E-state index in [-0.39, 0.29) is 17.2 Å². The highest BCUT2D eigenvalue weighted by atomic mass is 35.5. The average molecular weight is 281 g/mol. The molecule has 0 amide bonds. The molecule has 0 aliphatic rings. The molecular weight excluding hydrogens is 267 g/mol. The quantitative estimate of drug-likeness (QED) is 0.804. The number of aryl methyl sites for hydroxylation is 2. The van der Waals surface area contributed by atoms with Crippen molar-refractivity contribution in [1.82, 2.24) is 9.78 Å². The summed E-state index contributed by atoms with van der Waals surface area (Å²) < 4.78 is 14.7. The fourth-order valence-electron chi connectivity index (χ4n) is 1.94. The lowest BCUT2D eigenvalue weighted by molar-refractivity contribution is 0.0982. The van der Waals surface area contributed by atoms with Crippen molar-refractivity contribution in [2.24, 2.45) is 0 Å². The number of ketones is 1. The normalized spacial score (nSPS) is 10.7. The Bertz CT molecular complexity index is 622. The molecule has 5 heteroatoms. The Balaban J connectivity index is 2.22. The van der Waals surface area contributed by atoms with Gasteiger partial charge in [-0.05, 0) is 37.6 Å². The first-order valence-corrected chi connectivity index (χ1v) is 6.40. The zero-order valence-electron chi connectivity index (χ0n) is 10.8. The van der Waals surface area contributed by atoms with E-state index >= 15 is 0 Å². The van der Waals surface area contributed by atoms with Crippen LogP contribution in [-0.2, 0) is 13.0 Å². The fraction of sp³-hybridized carbons (Fsp3) is 0.286. The summed E-state index contributed by atoms with van der Waals surface area (Å²) in [4.78, 5) is 12.2. The summed E-state index contributed by atoms with van der Waals surface area (Å²) in [5.41, 5.74) is 2.07. The van der Waals surface area contributed by atoms with Crippen LogP contribution < -0.4 is 0 Å². The summed E-state index contributed by atoms with van der Waals surface area (Å²) in [6.07, 6.45) is 0.186. The second-order valence-corrected chi connectivity index (χ2v) is 4.74. The van der Waals surface area contributed by atoms with Crippen molar-refractivity contribution < 1.29 is 9.18 Å². The largest absolute Gasteiger partial charge is 0.292 e. The summed E-state index contributed by atoms with van der Waals surface area (Å²) in [6.45, 7) is 4.41. The van der Waals surface area contributed by atoms with Gasteiger partial charge in [-0.1, -0.05) is 17.7 Å². The Morgan fingerprint density at radius 3 is 2.79 bits per heavy atom. The van der Waals surface area contributed by atoms with Gasteiger partial charge in [0.1, 0.15) is 11.5 Å². The Labute approximate surface area is 116 Å². The topological polar surface area (TPSA) is 34.9 Å². The van der Waals surface area contributed by atoms with E-state index in [0.717, 1.165) is 5.69 Å². The Morgan fingerprint density at radius 2 is 2.16 bits per heavy atom. The minimum Gasteiger partial charge on any atom is -0.292 e. The van der Waals surface area contributed by atoms with Crippen LogP contribution in [0, 0.1) is 12.7 Å². The number of rotatable bonds is 4. The van der Waals surface area contributed by atoms with Gasteiger partial charge in [-0.2, -0.15) is 5.10 Å². The number of aromatic nitrogens is 2. The summed E-state index contributed by atoms with van der Waals surface area (Å²) in [7, 11) is 0. The Hall–Kier alpha value is -1.68. The highest BCUT2D eigenvalue weighted by Gasteiger charge is 2.14. The van der Waals surface area contributed by atoms with E-state index in [9.17, 15) is 9.18 Å². The van der Waals surface area contributed by atoms with E-state index < -0.39 is 5.82 Å². The number of halogens is 2. The molecule has 19 heavy (non-hydrogen) atoms. The monoisotopic (exact) mass is 280 g/mol. The lowest BCUT2D eigenvalue weighted by atomic mass is 10.1. The minimum atomic E-state index is -0.479. The third-order valence-corrected chi connectivity index (χ3v) is 3.13. The molecular formula is C14H14ClFN2O. The van der Waals surface area contributed by atoms with Gasteiger partial charge in [-0.25, -0.2) is 4.39 Å². The first-order valence-electron chi connectivity index (χ1n) is 6.03. The van der Waals surface area contributed by atoms with Crippen LogP contribution in [0.2, 0.25) is 5.02 Å². The maximum atomic E-state index is 13.1. The Kier molecular flexibility index (Phi) is 4.00. The molecule has 0 bridgehead atoms. The van der Waals surface area contributed by atoms with Gasteiger partial charge in [0.2, 0.25) is 0 Å². The van der Waals surface area contributed by atoms with Crippen LogP contribution in [0.3, 0.4) is 0 Å². The van der Waals surface area contributed by atoms with Crippen molar-refractivity contribution in [1.29, 1.82) is 0 Å². The van der Waals surface area contributed by atoms with Crippen molar-refractivity contribution in [3.05, 3.63) is 52.1 Å². The first-order chi connectivity index (χ1) is 9.01. The molecule has 0 N–H and O–H groups in total. The molecule has 0 spiro atoms. The molecule has 0 radical (unpaired) electrons. The zero-order valence-corrected chi connectivity index (χ0v) is 11.5. The maximum Gasteiger partial charge on any atom is 0.185 e. The summed E-state index contributed by atoms with van der Waals surface area (Å²) >= 11 is 5.70. The second-order valence-electron chi connectivity index (χ2n) is 4.34. The van der Waals surface area contributed by atoms with Crippen molar-refractivity contribution in [3.8, 4) is 0 Å². The van der Waals surface area contributed by atoms with Crippen LogP contribution >= 0.6 is 11.6 Å². The molecule has 0 fully saturated rings. The van der Waals surface area contributed by atoms with Crippen molar-refractivity contribution >= 4 is 17.4 Å². The van der Waals surface area contributed by atoms with Crippen LogP contribution in [0.1, 0.15) is 28.7 Å². The molecule has 0 saturated carbocycles. The van der Waals surface area contributed by atoms with Crippen molar-refractivity contribution in [2.45, 2.75) is 26.8 Å². The molecule has 0 unspecified atom stereocenters. The predicted molar refractivity (Wildman–Crippen MR) is 72.1 cm³/mol. The molecule has 0 atom stereocenters. The molecule has 2 rings (SSSR count). The van der Waals surface area contributed by atoms with Gasteiger partial charge in [0.05, 0.1) is 10.7 Å². The minimum absolute atomic E-state index is 0.0329. The van der Waals surface area contributed by atoms with Crippen LogP contribution in [0.15, 0.2) is 24.3 Å². The number of Topliss-reactive ketones (excluding diaryl/α,β-unsaturated/α-hetero) is 1. The second kappa shape index (κ2) is 5.53. The molecule has 1 aromatic heterocycles. The molecule has 0 saturated heterocycles. The number of hydrogen-bond donors (Lipinski definition) is 0. The summed E-state index contributed by atoms with van der Waals surface area (Å²) in [5.74, 6) is -0.530. The highest BCUT2D eigenvalue weighted by molar-refractivity contribution is 6.30. The number of hydrogen-bond acceptors (Lipinski definition) is 2. The van der Waals surface area contributed by atoms with Gasteiger partial charge in [-0.3, -0.25) is 9.48 Å². The van der Waals surface area contributed by atoms with Crippen LogP contribution in [0.25, 0.3) is 0 Å². The van der Waals surface area contributed by atoms with Gasteiger partial charge in [0.15, 0.2) is 5.78 Å². The fourth-order valence-corrected chi connectivity index (χ4v) is 2.14. The number of carbonyl (C=O) groups excluding carboxylic acids is 1. The lowest BCUT2D eigenvalue weighted by Crippen LogP contribution is -2.11. The van der Waals surface area contributed by atoms with Gasteiger partial charge in [0, 0.05) is 13.0 Å². The average Bonchev–Trinajstić information content (AvgIpc) is 2.75. The lowest BCUT2D eigenvalue weighted by Gasteiger charge is -2.04. The molecule has 3 nitrogen and oxygen atoms in total. The summed E-state index contributed by atoms with van der Waals surface area (Å²) in [6, 6.07) is 6.08. The van der Waals surface area contributed by atoms with Crippen LogP contribution in [-0.4, -0.2) is 15.6 Å². The van der Waals surface area contributed by atoms with E-state index in [0.29, 0.717) is 17.8 Å². The SMILES string of the molecule is CCn1nc(C)cc1C(=O)Cc1ccc(F)c(Cl)c1. The van der Waals surface area contributed by atoms with Crippen LogP contribution in [0.4, 0.5) is 4.39 Å². The highest BCUT2D eigenvalue weighted by Crippen LogP contribution is 2.17. The predicted octanol–water partition coefficient (Wildman–Crippen LogP) is 3.43. The van der Waals surface area contributed by atoms with Gasteiger partial charge < -0.3 is 0 Å². The van der Waals surface area contributed by atoms with E-state index in [1.165, 1.54) is 12.1 Å². The van der Waals surface area contributed by atoms with Gasteiger partial charge in [-0.15, -0.1) is 0 Å². The van der Waals surface area contributed by atoms with E-state index in [2.05, 4.69) is 5.10 Å². The number of carbonyl (C=O) groups is 1. The molecule has 100 valence electrons. The van der Waals surface area contributed by atoms with Crippen molar-refractivity contribution in [3.63, 3.8) is 0 Å². The first kappa shape index (κ1) is 13.7. The number of nitrogens with zero attached hydrogens (tertiary/aromatic N) is 2. The molecule has 0 aliphatic heterocycles. The Morgan fingerprint density at radius 1 is 1.42 bits per heavy atom. The molecule has 1 heterocycles.